The van der Waals surface area contributed by atoms with Crippen molar-refractivity contribution in [2.75, 3.05) is 26.9 Å². The van der Waals surface area contributed by atoms with Crippen molar-refractivity contribution in [3.63, 3.8) is 0 Å². The molecule has 2 atom stereocenters. The fourth-order valence-electron chi connectivity index (χ4n) is 1.46. The fourth-order valence-corrected chi connectivity index (χ4v) is 3.02. The number of unbranched alkanes of at least 4 members (excludes halogenated alkanes) is 2. The Morgan fingerprint density at radius 3 is 2.45 bits per heavy atom. The minimum Gasteiger partial charge on any atom is -0.756 e. The zero-order valence-corrected chi connectivity index (χ0v) is 15.8. The van der Waals surface area contributed by atoms with Gasteiger partial charge in [-0.2, -0.15) is 0 Å². The first-order chi connectivity index (χ1) is 9.95. The molecule has 0 bridgehead atoms. The topological polar surface area (TPSA) is 84.9 Å². The molecule has 0 aromatic rings. The number of phosphoric acid groups is 1. The number of thioether (sulfide) groups is 1. The number of phosphoric ester groups is 1. The van der Waals surface area contributed by atoms with Crippen LogP contribution in [0.4, 0.5) is 0 Å². The molecule has 126 valence electrons. The van der Waals surface area contributed by atoms with Crippen LogP contribution in [0, 0.1) is 0 Å². The summed E-state index contributed by atoms with van der Waals surface area (Å²) in [6.45, 7) is 4.79. The van der Waals surface area contributed by atoms with Crippen LogP contribution >= 0.6 is 19.6 Å². The third-order valence-electron chi connectivity index (χ3n) is 2.59. The standard InChI is InChI=1S/C13H27O6PS.Li/c1-4-6-7-9-18-10-12(21-13(14)8-5-2)11-19-20(15,16)17-3;/h12H,4-11H2,1-3H3,(H,15,16);/q;+1/p-1/t12-;/m1./s1. The van der Waals surface area contributed by atoms with Crippen molar-refractivity contribution in [3.05, 3.63) is 0 Å². The van der Waals surface area contributed by atoms with Gasteiger partial charge in [0.15, 0.2) is 5.12 Å². The van der Waals surface area contributed by atoms with Gasteiger partial charge in [0.2, 0.25) is 0 Å². The Morgan fingerprint density at radius 2 is 1.91 bits per heavy atom. The number of hydrogen-bond donors (Lipinski definition) is 0. The summed E-state index contributed by atoms with van der Waals surface area (Å²) >= 11 is 1.08. The van der Waals surface area contributed by atoms with E-state index in [-0.39, 0.29) is 42.4 Å². The zero-order chi connectivity index (χ0) is 16.1. The number of ether oxygens (including phenoxy) is 1. The number of rotatable bonds is 13. The molecular formula is C13H26LiO6PS. The molecule has 0 fully saturated rings. The van der Waals surface area contributed by atoms with Gasteiger partial charge in [-0.3, -0.25) is 9.36 Å². The first-order valence-corrected chi connectivity index (χ1v) is 9.57. The quantitative estimate of drug-likeness (QED) is 0.258. The van der Waals surface area contributed by atoms with Crippen molar-refractivity contribution in [3.8, 4) is 0 Å². The van der Waals surface area contributed by atoms with Gasteiger partial charge in [0.05, 0.1) is 18.5 Å². The van der Waals surface area contributed by atoms with Gasteiger partial charge in [0, 0.05) is 20.1 Å². The Labute approximate surface area is 149 Å². The third-order valence-corrected chi connectivity index (χ3v) is 4.58. The number of carbonyl (C=O) groups excluding carboxylic acids is 1. The average Bonchev–Trinajstić information content (AvgIpc) is 2.44. The summed E-state index contributed by atoms with van der Waals surface area (Å²) in [5, 5.41) is -0.329. The molecule has 0 aliphatic carbocycles. The maximum atomic E-state index is 11.7. The van der Waals surface area contributed by atoms with Crippen molar-refractivity contribution in [1.82, 2.24) is 0 Å². The van der Waals surface area contributed by atoms with Gasteiger partial charge in [0.25, 0.3) is 7.82 Å². The summed E-state index contributed by atoms with van der Waals surface area (Å²) in [7, 11) is -3.22. The molecule has 0 amide bonds. The molecule has 0 aliphatic heterocycles. The van der Waals surface area contributed by atoms with Crippen LogP contribution in [0.1, 0.15) is 46.0 Å². The SMILES string of the molecule is CCCCCOC[C@H](COP(=O)([O-])OC)SC(=O)CCC.[Li+]. The molecule has 0 N–H and O–H groups in total. The molecule has 0 aliphatic rings. The monoisotopic (exact) mass is 348 g/mol. The van der Waals surface area contributed by atoms with Crippen LogP contribution in [0.5, 0.6) is 0 Å². The molecule has 0 spiro atoms. The molecule has 0 saturated carbocycles. The fraction of sp³-hybridized carbons (Fsp3) is 0.923. The van der Waals surface area contributed by atoms with Gasteiger partial charge in [-0.15, -0.1) is 0 Å². The predicted molar refractivity (Wildman–Crippen MR) is 82.2 cm³/mol. The largest absolute Gasteiger partial charge is 1.00 e. The van der Waals surface area contributed by atoms with E-state index < -0.39 is 7.82 Å². The Balaban J connectivity index is 0. The van der Waals surface area contributed by atoms with Crippen LogP contribution in [0.25, 0.3) is 0 Å². The number of carbonyl (C=O) groups is 1. The maximum absolute atomic E-state index is 11.7. The van der Waals surface area contributed by atoms with E-state index in [1.165, 1.54) is 0 Å². The Hall–Kier alpha value is 0.687. The first kappa shape index (κ1) is 24.9. The molecule has 9 heteroatoms. The second-order valence-electron chi connectivity index (χ2n) is 4.57. The summed E-state index contributed by atoms with van der Waals surface area (Å²) in [5.74, 6) is 0. The maximum Gasteiger partial charge on any atom is 1.00 e. The summed E-state index contributed by atoms with van der Waals surface area (Å²) in [4.78, 5) is 22.8. The van der Waals surface area contributed by atoms with Gasteiger partial charge in [0.1, 0.15) is 0 Å². The molecule has 22 heavy (non-hydrogen) atoms. The second kappa shape index (κ2) is 15.2. The van der Waals surface area contributed by atoms with E-state index in [1.807, 2.05) is 6.92 Å². The average molecular weight is 348 g/mol. The molecule has 0 radical (unpaired) electrons. The minimum absolute atomic E-state index is 0. The summed E-state index contributed by atoms with van der Waals surface area (Å²) in [6, 6.07) is 0. The Morgan fingerprint density at radius 1 is 1.23 bits per heavy atom. The normalized spacial score (nSPS) is 14.9. The van der Waals surface area contributed by atoms with Crippen LogP contribution in [0.3, 0.4) is 0 Å². The first-order valence-electron chi connectivity index (χ1n) is 7.23. The van der Waals surface area contributed by atoms with E-state index in [2.05, 4.69) is 11.4 Å². The smallest absolute Gasteiger partial charge is 0.756 e. The molecular weight excluding hydrogens is 322 g/mol. The van der Waals surface area contributed by atoms with Gasteiger partial charge in [-0.05, 0) is 12.8 Å². The summed E-state index contributed by atoms with van der Waals surface area (Å²) < 4.78 is 25.6. The molecule has 0 saturated heterocycles. The number of hydrogen-bond acceptors (Lipinski definition) is 7. The van der Waals surface area contributed by atoms with E-state index in [1.54, 1.807) is 0 Å². The summed E-state index contributed by atoms with van der Waals surface area (Å²) in [5.41, 5.74) is 0. The molecule has 6 nitrogen and oxygen atoms in total. The molecule has 1 unspecified atom stereocenters. The van der Waals surface area contributed by atoms with E-state index in [0.717, 1.165) is 44.6 Å². The van der Waals surface area contributed by atoms with E-state index in [9.17, 15) is 14.3 Å². The second-order valence-corrected chi connectivity index (χ2v) is 7.44. The Bertz CT molecular complexity index is 332. The molecule has 0 rings (SSSR count). The van der Waals surface area contributed by atoms with Crippen LogP contribution < -0.4 is 23.8 Å². The van der Waals surface area contributed by atoms with Crippen molar-refractivity contribution in [2.24, 2.45) is 0 Å². The van der Waals surface area contributed by atoms with Crippen LogP contribution in [0.15, 0.2) is 0 Å². The van der Waals surface area contributed by atoms with Gasteiger partial charge in [-0.1, -0.05) is 38.5 Å². The van der Waals surface area contributed by atoms with Gasteiger partial charge in [-0.25, -0.2) is 0 Å². The van der Waals surface area contributed by atoms with Crippen molar-refractivity contribution in [1.29, 1.82) is 0 Å². The third kappa shape index (κ3) is 14.3. The van der Waals surface area contributed by atoms with Crippen LogP contribution in [-0.4, -0.2) is 37.3 Å². The molecule has 0 aromatic carbocycles. The summed E-state index contributed by atoms with van der Waals surface area (Å²) in [6.07, 6.45) is 4.36. The van der Waals surface area contributed by atoms with Crippen LogP contribution in [-0.2, 0) is 23.1 Å². The van der Waals surface area contributed by atoms with E-state index >= 15 is 0 Å². The predicted octanol–water partition coefficient (Wildman–Crippen LogP) is -0.243. The van der Waals surface area contributed by atoms with Crippen molar-refractivity contribution in [2.45, 2.75) is 51.2 Å². The van der Waals surface area contributed by atoms with Crippen molar-refractivity contribution >= 4 is 24.7 Å². The van der Waals surface area contributed by atoms with Crippen LogP contribution in [0.2, 0.25) is 0 Å². The van der Waals surface area contributed by atoms with Gasteiger partial charge < -0.3 is 18.7 Å². The Kier molecular flexibility index (Phi) is 17.3. The van der Waals surface area contributed by atoms with E-state index in [0.29, 0.717) is 13.0 Å². The minimum atomic E-state index is -4.27. The van der Waals surface area contributed by atoms with Crippen molar-refractivity contribution < 1.29 is 46.9 Å². The van der Waals surface area contributed by atoms with E-state index in [4.69, 9.17) is 9.26 Å². The molecule has 0 heterocycles. The molecule has 0 aromatic heterocycles. The zero-order valence-electron chi connectivity index (χ0n) is 14.0. The van der Waals surface area contributed by atoms with Gasteiger partial charge >= 0.3 is 18.9 Å².